The van der Waals surface area contributed by atoms with E-state index < -0.39 is 32.6 Å². The first kappa shape index (κ1) is 22.7. The van der Waals surface area contributed by atoms with Crippen LogP contribution >= 0.6 is 0 Å². The van der Waals surface area contributed by atoms with Crippen LogP contribution < -0.4 is 4.72 Å². The molecule has 1 atom stereocenters. The van der Waals surface area contributed by atoms with E-state index in [-0.39, 0.29) is 22.1 Å². The summed E-state index contributed by atoms with van der Waals surface area (Å²) in [7, 11) is -4.07. The number of ether oxygens (including phenoxy) is 1. The average Bonchev–Trinajstić information content (AvgIpc) is 3.01. The Morgan fingerprint density at radius 2 is 1.77 bits per heavy atom. The fourth-order valence-corrected chi connectivity index (χ4v) is 4.44. The molecule has 166 valence electrons. The van der Waals surface area contributed by atoms with Gasteiger partial charge < -0.3 is 9.15 Å². The molecule has 1 aromatic heterocycles. The van der Waals surface area contributed by atoms with Crippen molar-refractivity contribution in [2.45, 2.75) is 51.2 Å². The molecule has 31 heavy (non-hydrogen) atoms. The summed E-state index contributed by atoms with van der Waals surface area (Å²) in [6, 6.07) is 7.32. The van der Waals surface area contributed by atoms with Crippen molar-refractivity contribution >= 4 is 43.6 Å². The number of nitro groups is 1. The lowest BCUT2D eigenvalue weighted by molar-refractivity contribution is -0.384. The molecule has 0 aliphatic carbocycles. The summed E-state index contributed by atoms with van der Waals surface area (Å²) < 4.78 is 39.5. The van der Waals surface area contributed by atoms with Crippen LogP contribution in [0.1, 0.15) is 34.6 Å². The molecule has 0 saturated carbocycles. The maximum atomic E-state index is 13.0. The van der Waals surface area contributed by atoms with Gasteiger partial charge in [0.25, 0.3) is 5.69 Å². The van der Waals surface area contributed by atoms with Gasteiger partial charge in [-0.15, -0.1) is 0 Å². The highest BCUT2D eigenvalue weighted by atomic mass is 32.2. The lowest BCUT2D eigenvalue weighted by atomic mass is 10.1. The molecule has 0 bridgehead atoms. The van der Waals surface area contributed by atoms with Crippen molar-refractivity contribution in [1.29, 1.82) is 0 Å². The molecule has 0 unspecified atom stereocenters. The molecule has 0 spiro atoms. The normalized spacial score (nSPS) is 13.6. The number of fused-ring (bicyclic) bond motifs is 3. The van der Waals surface area contributed by atoms with E-state index in [1.165, 1.54) is 36.4 Å². The number of nitrogens with one attached hydrogen (secondary N) is 1. The van der Waals surface area contributed by atoms with Crippen LogP contribution in [0.15, 0.2) is 45.7 Å². The molecule has 3 aromatic rings. The summed E-state index contributed by atoms with van der Waals surface area (Å²) in [5.41, 5.74) is -0.215. The fraction of sp³-hybridized carbons (Fsp3) is 0.381. The quantitative estimate of drug-likeness (QED) is 0.341. The molecule has 0 fully saturated rings. The van der Waals surface area contributed by atoms with Crippen LogP contribution in [0, 0.1) is 16.0 Å². The maximum absolute atomic E-state index is 13.0. The molecule has 0 aliphatic rings. The molecule has 3 rings (SSSR count). The highest BCUT2D eigenvalue weighted by Crippen LogP contribution is 2.32. The van der Waals surface area contributed by atoms with Crippen LogP contribution in [0.25, 0.3) is 21.9 Å². The van der Waals surface area contributed by atoms with Gasteiger partial charge in [0.1, 0.15) is 22.8 Å². The highest BCUT2D eigenvalue weighted by Gasteiger charge is 2.32. The van der Waals surface area contributed by atoms with Crippen molar-refractivity contribution in [3.63, 3.8) is 0 Å². The minimum atomic E-state index is -4.07. The second-order valence-electron chi connectivity index (χ2n) is 8.57. The first-order valence-corrected chi connectivity index (χ1v) is 11.1. The average molecular weight is 448 g/mol. The Morgan fingerprint density at radius 1 is 1.10 bits per heavy atom. The second kappa shape index (κ2) is 7.93. The molecule has 0 saturated heterocycles. The van der Waals surface area contributed by atoms with Crippen LogP contribution in [0.5, 0.6) is 0 Å². The fourth-order valence-electron chi connectivity index (χ4n) is 3.08. The number of benzene rings is 2. The number of rotatable bonds is 6. The number of hydrogen-bond donors (Lipinski definition) is 1. The number of nitro benzene ring substituents is 1. The molecule has 1 heterocycles. The van der Waals surface area contributed by atoms with E-state index in [2.05, 4.69) is 4.72 Å². The highest BCUT2D eigenvalue weighted by molar-refractivity contribution is 7.89. The van der Waals surface area contributed by atoms with Gasteiger partial charge in [-0.25, -0.2) is 8.42 Å². The third kappa shape index (κ3) is 4.86. The Hall–Kier alpha value is -2.98. The van der Waals surface area contributed by atoms with Gasteiger partial charge in [-0.2, -0.15) is 4.72 Å². The van der Waals surface area contributed by atoms with Gasteiger partial charge in [0.15, 0.2) is 0 Å². The number of hydrogen-bond acceptors (Lipinski definition) is 7. The van der Waals surface area contributed by atoms with Crippen molar-refractivity contribution in [3.05, 3.63) is 46.5 Å². The van der Waals surface area contributed by atoms with Crippen LogP contribution in [-0.4, -0.2) is 31.0 Å². The van der Waals surface area contributed by atoms with Gasteiger partial charge in [0, 0.05) is 16.8 Å². The number of furan rings is 1. The zero-order valence-corrected chi connectivity index (χ0v) is 18.6. The zero-order chi connectivity index (χ0) is 23.1. The molecule has 0 amide bonds. The van der Waals surface area contributed by atoms with Gasteiger partial charge in [-0.3, -0.25) is 14.9 Å². The zero-order valence-electron chi connectivity index (χ0n) is 17.8. The van der Waals surface area contributed by atoms with Gasteiger partial charge in [0.05, 0.1) is 15.9 Å². The third-order valence-corrected chi connectivity index (χ3v) is 6.00. The van der Waals surface area contributed by atoms with E-state index in [1.54, 1.807) is 34.6 Å². The Bertz CT molecular complexity index is 1270. The Morgan fingerprint density at radius 3 is 2.35 bits per heavy atom. The van der Waals surface area contributed by atoms with Crippen LogP contribution in [0.2, 0.25) is 0 Å². The van der Waals surface area contributed by atoms with Crippen molar-refractivity contribution < 1.29 is 27.3 Å². The van der Waals surface area contributed by atoms with Crippen molar-refractivity contribution in [2.24, 2.45) is 5.92 Å². The number of esters is 1. The minimum Gasteiger partial charge on any atom is -0.459 e. The van der Waals surface area contributed by atoms with Gasteiger partial charge in [-0.05, 0) is 51.0 Å². The van der Waals surface area contributed by atoms with Gasteiger partial charge in [-0.1, -0.05) is 13.8 Å². The summed E-state index contributed by atoms with van der Waals surface area (Å²) >= 11 is 0. The van der Waals surface area contributed by atoms with E-state index in [9.17, 15) is 23.3 Å². The topological polar surface area (TPSA) is 129 Å². The SMILES string of the molecule is CC(C)[C@@H](NS(=O)(=O)c1ccc2oc3cc([N+](=O)[O-])ccc3c2c1)C(=O)OC(C)(C)C. The third-order valence-electron chi connectivity index (χ3n) is 4.56. The molecule has 0 aliphatic heterocycles. The standard InChI is InChI=1S/C21H24N2O7S/c1-12(2)19(20(24)30-21(3,4)5)22-31(27,28)14-7-9-17-16(11-14)15-8-6-13(23(25)26)10-18(15)29-17/h6-12,19,22H,1-5H3/t19-/m1/s1. The number of non-ortho nitro benzene ring substituents is 1. The van der Waals surface area contributed by atoms with E-state index in [0.29, 0.717) is 16.4 Å². The Kier molecular flexibility index (Phi) is 5.81. The molecule has 1 N–H and O–H groups in total. The van der Waals surface area contributed by atoms with E-state index in [4.69, 9.17) is 9.15 Å². The molecule has 0 radical (unpaired) electrons. The predicted octanol–water partition coefficient (Wildman–Crippen LogP) is 4.14. The van der Waals surface area contributed by atoms with Crippen molar-refractivity contribution in [1.82, 2.24) is 4.72 Å². The van der Waals surface area contributed by atoms with Crippen molar-refractivity contribution in [2.75, 3.05) is 0 Å². The predicted molar refractivity (Wildman–Crippen MR) is 115 cm³/mol. The van der Waals surface area contributed by atoms with Crippen LogP contribution in [0.3, 0.4) is 0 Å². The number of nitrogens with zero attached hydrogens (tertiary/aromatic N) is 1. The molecule has 2 aromatic carbocycles. The van der Waals surface area contributed by atoms with Crippen molar-refractivity contribution in [3.8, 4) is 0 Å². The first-order chi connectivity index (χ1) is 14.3. The lowest BCUT2D eigenvalue weighted by Crippen LogP contribution is -2.47. The number of carbonyl (C=O) groups excluding carboxylic acids is 1. The van der Waals surface area contributed by atoms with E-state index in [0.717, 1.165) is 0 Å². The molecular formula is C21H24N2O7S. The smallest absolute Gasteiger partial charge is 0.324 e. The Labute approximate surface area is 179 Å². The monoisotopic (exact) mass is 448 g/mol. The largest absolute Gasteiger partial charge is 0.459 e. The number of carbonyl (C=O) groups is 1. The van der Waals surface area contributed by atoms with Crippen LogP contribution in [0.4, 0.5) is 5.69 Å². The maximum Gasteiger partial charge on any atom is 0.324 e. The summed E-state index contributed by atoms with van der Waals surface area (Å²) in [5.74, 6) is -1.00. The summed E-state index contributed by atoms with van der Waals surface area (Å²) in [6.45, 7) is 8.56. The van der Waals surface area contributed by atoms with Gasteiger partial charge in [0.2, 0.25) is 10.0 Å². The van der Waals surface area contributed by atoms with Gasteiger partial charge >= 0.3 is 5.97 Å². The number of sulfonamides is 1. The first-order valence-electron chi connectivity index (χ1n) is 9.64. The van der Waals surface area contributed by atoms with E-state index >= 15 is 0 Å². The van der Waals surface area contributed by atoms with Crippen LogP contribution in [-0.2, 0) is 19.6 Å². The summed E-state index contributed by atoms with van der Waals surface area (Å²) in [5, 5.41) is 12.0. The molecule has 9 nitrogen and oxygen atoms in total. The molecular weight excluding hydrogens is 424 g/mol. The summed E-state index contributed by atoms with van der Waals surface area (Å²) in [4.78, 5) is 22.9. The lowest BCUT2D eigenvalue weighted by Gasteiger charge is -2.26. The van der Waals surface area contributed by atoms with E-state index in [1.807, 2.05) is 0 Å². The minimum absolute atomic E-state index is 0.0599. The summed E-state index contributed by atoms with van der Waals surface area (Å²) in [6.07, 6.45) is 0. The molecule has 10 heteroatoms. The Balaban J connectivity index is 1.99. The second-order valence-corrected chi connectivity index (χ2v) is 10.3.